The van der Waals surface area contributed by atoms with Gasteiger partial charge in [0.05, 0.1) is 6.61 Å². The van der Waals surface area contributed by atoms with Gasteiger partial charge in [-0.3, -0.25) is 4.79 Å². The molecule has 1 aliphatic heterocycles. The third-order valence-electron chi connectivity index (χ3n) is 3.55. The van der Waals surface area contributed by atoms with Crippen LogP contribution in [0.15, 0.2) is 18.3 Å². The first kappa shape index (κ1) is 14.8. The number of nitrogens with zero attached hydrogens (tertiary/aromatic N) is 3. The normalized spacial score (nSPS) is 14.6. The van der Waals surface area contributed by atoms with Crippen LogP contribution in [0, 0.1) is 0 Å². The predicted molar refractivity (Wildman–Crippen MR) is 79.1 cm³/mol. The molecule has 1 aliphatic rings. The second-order valence-corrected chi connectivity index (χ2v) is 5.02. The number of likely N-dealkylation sites (N-methyl/N-ethyl adjacent to an activating group) is 1. The van der Waals surface area contributed by atoms with Gasteiger partial charge in [0.25, 0.3) is 5.91 Å². The molecule has 1 aromatic heterocycles. The minimum Gasteiger partial charge on any atom is -0.380 e. The summed E-state index contributed by atoms with van der Waals surface area (Å²) in [6, 6.07) is 3.66. The largest absolute Gasteiger partial charge is 0.380 e. The van der Waals surface area contributed by atoms with Crippen molar-refractivity contribution in [2.45, 2.75) is 19.8 Å². The maximum Gasteiger partial charge on any atom is 0.254 e. The maximum absolute atomic E-state index is 12.3. The third-order valence-corrected chi connectivity index (χ3v) is 3.55. The second-order valence-electron chi connectivity index (χ2n) is 5.02. The van der Waals surface area contributed by atoms with Gasteiger partial charge in [-0.25, -0.2) is 4.98 Å². The summed E-state index contributed by atoms with van der Waals surface area (Å²) in [4.78, 5) is 20.6. The van der Waals surface area contributed by atoms with Gasteiger partial charge in [-0.1, -0.05) is 0 Å². The highest BCUT2D eigenvalue weighted by Gasteiger charge is 2.20. The van der Waals surface area contributed by atoms with E-state index in [-0.39, 0.29) is 5.91 Å². The molecule has 0 aromatic carbocycles. The molecule has 1 fully saturated rings. The van der Waals surface area contributed by atoms with Crippen LogP contribution in [-0.2, 0) is 4.74 Å². The first-order chi connectivity index (χ1) is 9.72. The summed E-state index contributed by atoms with van der Waals surface area (Å²) in [5, 5.41) is 0. The molecule has 0 radical (unpaired) electrons. The molecule has 0 N–H and O–H groups in total. The molecular formula is C15H23N3O2. The number of hydrogen-bond acceptors (Lipinski definition) is 4. The van der Waals surface area contributed by atoms with E-state index in [1.807, 2.05) is 29.8 Å². The number of ether oxygens (including phenoxy) is 1. The molecule has 5 nitrogen and oxygen atoms in total. The van der Waals surface area contributed by atoms with E-state index in [0.29, 0.717) is 6.61 Å². The molecule has 1 aromatic rings. The molecule has 2 heterocycles. The summed E-state index contributed by atoms with van der Waals surface area (Å²) < 4.78 is 5.34. The van der Waals surface area contributed by atoms with Gasteiger partial charge in [0.15, 0.2) is 0 Å². The predicted octanol–water partition coefficient (Wildman–Crippen LogP) is 1.79. The highest BCUT2D eigenvalue weighted by molar-refractivity contribution is 5.95. The Bertz CT molecular complexity index is 444. The fourth-order valence-corrected chi connectivity index (χ4v) is 2.32. The maximum atomic E-state index is 12.3. The topological polar surface area (TPSA) is 45.7 Å². The number of aromatic nitrogens is 1. The van der Waals surface area contributed by atoms with Gasteiger partial charge in [0.1, 0.15) is 5.82 Å². The molecule has 1 amide bonds. The third kappa shape index (κ3) is 3.70. The monoisotopic (exact) mass is 277 g/mol. The van der Waals surface area contributed by atoms with Crippen LogP contribution in [0.2, 0.25) is 0 Å². The van der Waals surface area contributed by atoms with Crippen LogP contribution < -0.4 is 4.90 Å². The molecular weight excluding hydrogens is 254 g/mol. The second kappa shape index (κ2) is 7.24. The minimum absolute atomic E-state index is 0.115. The van der Waals surface area contributed by atoms with Crippen molar-refractivity contribution in [2.75, 3.05) is 44.8 Å². The van der Waals surface area contributed by atoms with E-state index >= 15 is 0 Å². The van der Waals surface area contributed by atoms with Gasteiger partial charge < -0.3 is 14.5 Å². The van der Waals surface area contributed by atoms with Crippen LogP contribution in [0.4, 0.5) is 5.82 Å². The minimum atomic E-state index is 0.115. The van der Waals surface area contributed by atoms with Crippen LogP contribution in [0.5, 0.6) is 0 Å². The van der Waals surface area contributed by atoms with Gasteiger partial charge in [-0.05, 0) is 31.9 Å². The summed E-state index contributed by atoms with van der Waals surface area (Å²) in [5.74, 6) is 0.930. The van der Waals surface area contributed by atoms with Crippen molar-refractivity contribution in [1.29, 1.82) is 0 Å². The molecule has 20 heavy (non-hydrogen) atoms. The van der Waals surface area contributed by atoms with E-state index in [9.17, 15) is 4.79 Å². The van der Waals surface area contributed by atoms with Crippen molar-refractivity contribution in [3.63, 3.8) is 0 Å². The molecule has 0 unspecified atom stereocenters. The number of pyridine rings is 1. The smallest absolute Gasteiger partial charge is 0.254 e. The fraction of sp³-hybridized carbons (Fsp3) is 0.600. The zero-order valence-electron chi connectivity index (χ0n) is 12.3. The van der Waals surface area contributed by atoms with E-state index in [0.717, 1.165) is 50.5 Å². The van der Waals surface area contributed by atoms with Crippen LogP contribution in [0.3, 0.4) is 0 Å². The molecule has 0 spiro atoms. The lowest BCUT2D eigenvalue weighted by Gasteiger charge is -2.20. The lowest BCUT2D eigenvalue weighted by atomic mass is 10.2. The molecule has 0 bridgehead atoms. The standard InChI is InChI=1S/C15H23N3O2/c1-3-20-11-10-17(2)14-12-13(6-7-16-14)15(19)18-8-4-5-9-18/h6-7,12H,3-5,8-11H2,1-2H3. The van der Waals surface area contributed by atoms with E-state index in [2.05, 4.69) is 4.98 Å². The molecule has 1 saturated heterocycles. The Morgan fingerprint density at radius 1 is 1.45 bits per heavy atom. The SMILES string of the molecule is CCOCCN(C)c1cc(C(=O)N2CCCC2)ccn1. The summed E-state index contributed by atoms with van der Waals surface area (Å²) in [5.41, 5.74) is 0.722. The number of rotatable bonds is 6. The van der Waals surface area contributed by atoms with Crippen molar-refractivity contribution in [1.82, 2.24) is 9.88 Å². The zero-order chi connectivity index (χ0) is 14.4. The van der Waals surface area contributed by atoms with Gasteiger partial charge in [-0.15, -0.1) is 0 Å². The van der Waals surface area contributed by atoms with Crippen molar-refractivity contribution in [3.8, 4) is 0 Å². The van der Waals surface area contributed by atoms with E-state index in [1.165, 1.54) is 0 Å². The Morgan fingerprint density at radius 3 is 2.90 bits per heavy atom. The summed E-state index contributed by atoms with van der Waals surface area (Å²) in [6.45, 7) is 5.87. The van der Waals surface area contributed by atoms with Gasteiger partial charge in [0, 0.05) is 45.0 Å². The van der Waals surface area contributed by atoms with Crippen molar-refractivity contribution in [2.24, 2.45) is 0 Å². The molecule has 2 rings (SSSR count). The molecule has 110 valence electrons. The van der Waals surface area contributed by atoms with E-state index < -0.39 is 0 Å². The van der Waals surface area contributed by atoms with Gasteiger partial charge in [-0.2, -0.15) is 0 Å². The molecule has 5 heteroatoms. The summed E-state index contributed by atoms with van der Waals surface area (Å²) in [6.07, 6.45) is 3.92. The van der Waals surface area contributed by atoms with Crippen molar-refractivity contribution < 1.29 is 9.53 Å². The van der Waals surface area contributed by atoms with Gasteiger partial charge in [0.2, 0.25) is 0 Å². The first-order valence-corrected chi connectivity index (χ1v) is 7.26. The Balaban J connectivity index is 2.01. The van der Waals surface area contributed by atoms with Gasteiger partial charge >= 0.3 is 0 Å². The Hall–Kier alpha value is -1.62. The average molecular weight is 277 g/mol. The lowest BCUT2D eigenvalue weighted by molar-refractivity contribution is 0.0792. The van der Waals surface area contributed by atoms with Crippen molar-refractivity contribution in [3.05, 3.63) is 23.9 Å². The summed E-state index contributed by atoms with van der Waals surface area (Å²) in [7, 11) is 1.96. The Kier molecular flexibility index (Phi) is 5.35. The quantitative estimate of drug-likeness (QED) is 0.744. The first-order valence-electron chi connectivity index (χ1n) is 7.26. The number of carbonyl (C=O) groups is 1. The molecule has 0 atom stereocenters. The highest BCUT2D eigenvalue weighted by atomic mass is 16.5. The van der Waals surface area contributed by atoms with Crippen LogP contribution in [-0.4, -0.2) is 55.7 Å². The zero-order valence-corrected chi connectivity index (χ0v) is 12.3. The number of carbonyl (C=O) groups excluding carboxylic acids is 1. The Labute approximate surface area is 120 Å². The number of anilines is 1. The number of amides is 1. The van der Waals surface area contributed by atoms with Crippen molar-refractivity contribution >= 4 is 11.7 Å². The average Bonchev–Trinajstić information content (AvgIpc) is 3.01. The summed E-state index contributed by atoms with van der Waals surface area (Å²) >= 11 is 0. The van der Waals surface area contributed by atoms with Crippen LogP contribution >= 0.6 is 0 Å². The van der Waals surface area contributed by atoms with E-state index in [1.54, 1.807) is 12.3 Å². The fourth-order valence-electron chi connectivity index (χ4n) is 2.32. The lowest BCUT2D eigenvalue weighted by Crippen LogP contribution is -2.28. The van der Waals surface area contributed by atoms with Crippen LogP contribution in [0.25, 0.3) is 0 Å². The molecule has 0 saturated carbocycles. The number of likely N-dealkylation sites (tertiary alicyclic amines) is 1. The van der Waals surface area contributed by atoms with Crippen LogP contribution in [0.1, 0.15) is 30.1 Å². The number of hydrogen-bond donors (Lipinski definition) is 0. The molecule has 0 aliphatic carbocycles. The Morgan fingerprint density at radius 2 is 2.20 bits per heavy atom. The highest BCUT2D eigenvalue weighted by Crippen LogP contribution is 2.16. The van der Waals surface area contributed by atoms with E-state index in [4.69, 9.17) is 4.74 Å².